The zero-order chi connectivity index (χ0) is 13.4. The minimum absolute atomic E-state index is 0.270. The SMILES string of the molecule is CC(C)(C(=O)O)C(O)c1cc(F)c(F)cc1F. The summed E-state index contributed by atoms with van der Waals surface area (Å²) in [6.07, 6.45) is -1.78. The number of benzene rings is 1. The Labute approximate surface area is 95.5 Å². The third-order valence-corrected chi connectivity index (χ3v) is 2.57. The first-order valence-electron chi connectivity index (χ1n) is 4.73. The van der Waals surface area contributed by atoms with E-state index in [9.17, 15) is 23.1 Å². The van der Waals surface area contributed by atoms with Crippen LogP contribution < -0.4 is 0 Å². The summed E-state index contributed by atoms with van der Waals surface area (Å²) in [5.74, 6) is -5.31. The van der Waals surface area contributed by atoms with Gasteiger partial charge in [0, 0.05) is 11.6 Å². The second-order valence-corrected chi connectivity index (χ2v) is 4.22. The predicted octanol–water partition coefficient (Wildman–Crippen LogP) is 2.25. The van der Waals surface area contributed by atoms with Crippen LogP contribution in [0.5, 0.6) is 0 Å². The largest absolute Gasteiger partial charge is 0.481 e. The van der Waals surface area contributed by atoms with Crippen LogP contribution in [0.3, 0.4) is 0 Å². The second kappa shape index (κ2) is 4.37. The van der Waals surface area contributed by atoms with Crippen LogP contribution in [0.25, 0.3) is 0 Å². The molecule has 0 fully saturated rings. The summed E-state index contributed by atoms with van der Waals surface area (Å²) in [7, 11) is 0. The highest BCUT2D eigenvalue weighted by Gasteiger charge is 2.38. The topological polar surface area (TPSA) is 57.5 Å². The minimum Gasteiger partial charge on any atom is -0.481 e. The summed E-state index contributed by atoms with van der Waals surface area (Å²) < 4.78 is 38.9. The lowest BCUT2D eigenvalue weighted by Crippen LogP contribution is -2.31. The number of hydrogen-bond acceptors (Lipinski definition) is 2. The fourth-order valence-corrected chi connectivity index (χ4v) is 1.25. The molecule has 0 aliphatic heterocycles. The van der Waals surface area contributed by atoms with Crippen molar-refractivity contribution < 1.29 is 28.2 Å². The Morgan fingerprint density at radius 3 is 2.12 bits per heavy atom. The van der Waals surface area contributed by atoms with Crippen LogP contribution >= 0.6 is 0 Å². The summed E-state index contributed by atoms with van der Waals surface area (Å²) >= 11 is 0. The highest BCUT2D eigenvalue weighted by molar-refractivity contribution is 5.74. The van der Waals surface area contributed by atoms with E-state index in [1.54, 1.807) is 0 Å². The van der Waals surface area contributed by atoms with Crippen LogP contribution in [0.4, 0.5) is 13.2 Å². The van der Waals surface area contributed by atoms with Crippen molar-refractivity contribution >= 4 is 5.97 Å². The number of aliphatic carboxylic acids is 1. The molecule has 0 spiro atoms. The van der Waals surface area contributed by atoms with E-state index in [2.05, 4.69) is 0 Å². The van der Waals surface area contributed by atoms with Crippen molar-refractivity contribution in [2.75, 3.05) is 0 Å². The smallest absolute Gasteiger partial charge is 0.312 e. The van der Waals surface area contributed by atoms with E-state index in [1.807, 2.05) is 0 Å². The zero-order valence-corrected chi connectivity index (χ0v) is 9.17. The Bertz CT molecular complexity index is 458. The molecule has 0 radical (unpaired) electrons. The molecule has 17 heavy (non-hydrogen) atoms. The van der Waals surface area contributed by atoms with Gasteiger partial charge < -0.3 is 10.2 Å². The monoisotopic (exact) mass is 248 g/mol. The van der Waals surface area contributed by atoms with Gasteiger partial charge in [0.15, 0.2) is 11.6 Å². The number of carbonyl (C=O) groups is 1. The molecule has 1 unspecified atom stereocenters. The lowest BCUT2D eigenvalue weighted by molar-refractivity contribution is -0.153. The van der Waals surface area contributed by atoms with Crippen LogP contribution in [-0.4, -0.2) is 16.2 Å². The van der Waals surface area contributed by atoms with Gasteiger partial charge in [-0.15, -0.1) is 0 Å². The molecule has 2 N–H and O–H groups in total. The number of carboxylic acid groups (broad SMARTS) is 1. The van der Waals surface area contributed by atoms with Crippen LogP contribution in [0.15, 0.2) is 12.1 Å². The molecule has 0 heterocycles. The first kappa shape index (κ1) is 13.5. The first-order chi connectivity index (χ1) is 7.67. The number of aliphatic hydroxyl groups excluding tert-OH is 1. The molecule has 0 amide bonds. The summed E-state index contributed by atoms with van der Waals surface area (Å²) in [5.41, 5.74) is -2.30. The number of hydrogen-bond donors (Lipinski definition) is 2. The molecule has 1 aromatic carbocycles. The van der Waals surface area contributed by atoms with Gasteiger partial charge in [0.2, 0.25) is 0 Å². The Morgan fingerprint density at radius 2 is 1.65 bits per heavy atom. The molecule has 1 aromatic rings. The van der Waals surface area contributed by atoms with Crippen molar-refractivity contribution in [1.82, 2.24) is 0 Å². The van der Waals surface area contributed by atoms with Gasteiger partial charge in [0.25, 0.3) is 0 Å². The molecular formula is C11H11F3O3. The van der Waals surface area contributed by atoms with Gasteiger partial charge in [-0.2, -0.15) is 0 Å². The zero-order valence-electron chi connectivity index (χ0n) is 9.17. The van der Waals surface area contributed by atoms with E-state index in [0.29, 0.717) is 6.07 Å². The van der Waals surface area contributed by atoms with E-state index >= 15 is 0 Å². The lowest BCUT2D eigenvalue weighted by Gasteiger charge is -2.26. The summed E-state index contributed by atoms with van der Waals surface area (Å²) in [4.78, 5) is 10.8. The number of halogens is 3. The summed E-state index contributed by atoms with van der Waals surface area (Å²) in [6.45, 7) is 2.31. The Kier molecular flexibility index (Phi) is 3.47. The fraction of sp³-hybridized carbons (Fsp3) is 0.364. The highest BCUT2D eigenvalue weighted by Crippen LogP contribution is 2.35. The average Bonchev–Trinajstić information content (AvgIpc) is 2.22. The van der Waals surface area contributed by atoms with Crippen molar-refractivity contribution in [3.63, 3.8) is 0 Å². The van der Waals surface area contributed by atoms with Crippen molar-refractivity contribution in [2.24, 2.45) is 5.41 Å². The maximum absolute atomic E-state index is 13.3. The van der Waals surface area contributed by atoms with Crippen LogP contribution in [-0.2, 0) is 4.79 Å². The van der Waals surface area contributed by atoms with E-state index in [1.165, 1.54) is 0 Å². The number of rotatable bonds is 3. The molecule has 6 heteroatoms. The average molecular weight is 248 g/mol. The van der Waals surface area contributed by atoms with Gasteiger partial charge in [-0.3, -0.25) is 4.79 Å². The molecule has 1 atom stereocenters. The van der Waals surface area contributed by atoms with Crippen molar-refractivity contribution in [2.45, 2.75) is 20.0 Å². The van der Waals surface area contributed by atoms with E-state index in [-0.39, 0.29) is 6.07 Å². The molecule has 0 aliphatic rings. The molecule has 94 valence electrons. The van der Waals surface area contributed by atoms with E-state index in [4.69, 9.17) is 5.11 Å². The van der Waals surface area contributed by atoms with Gasteiger partial charge >= 0.3 is 5.97 Å². The van der Waals surface area contributed by atoms with Crippen LogP contribution in [0.2, 0.25) is 0 Å². The first-order valence-corrected chi connectivity index (χ1v) is 4.73. The third-order valence-electron chi connectivity index (χ3n) is 2.57. The molecule has 0 bridgehead atoms. The lowest BCUT2D eigenvalue weighted by atomic mass is 9.82. The van der Waals surface area contributed by atoms with Crippen molar-refractivity contribution in [3.8, 4) is 0 Å². The van der Waals surface area contributed by atoms with Crippen molar-refractivity contribution in [3.05, 3.63) is 35.1 Å². The predicted molar refractivity (Wildman–Crippen MR) is 52.7 cm³/mol. The fourth-order valence-electron chi connectivity index (χ4n) is 1.25. The molecular weight excluding hydrogens is 237 g/mol. The third kappa shape index (κ3) is 2.41. The molecule has 3 nitrogen and oxygen atoms in total. The molecule has 0 saturated heterocycles. The standard InChI is InChI=1S/C11H11F3O3/c1-11(2,10(16)17)9(15)5-3-7(13)8(14)4-6(5)12/h3-4,9,15H,1-2H3,(H,16,17). The quantitative estimate of drug-likeness (QED) is 0.806. The van der Waals surface area contributed by atoms with Gasteiger partial charge in [-0.05, 0) is 19.9 Å². The molecule has 0 aromatic heterocycles. The molecule has 0 aliphatic carbocycles. The molecule has 0 saturated carbocycles. The maximum atomic E-state index is 13.3. The van der Waals surface area contributed by atoms with Crippen molar-refractivity contribution in [1.29, 1.82) is 0 Å². The van der Waals surface area contributed by atoms with Gasteiger partial charge in [-0.25, -0.2) is 13.2 Å². The van der Waals surface area contributed by atoms with Crippen LogP contribution in [0.1, 0.15) is 25.5 Å². The summed E-state index contributed by atoms with van der Waals surface area (Å²) in [5, 5.41) is 18.5. The maximum Gasteiger partial charge on any atom is 0.312 e. The van der Waals surface area contributed by atoms with Gasteiger partial charge in [-0.1, -0.05) is 0 Å². The number of carboxylic acids is 1. The van der Waals surface area contributed by atoms with Gasteiger partial charge in [0.1, 0.15) is 5.82 Å². The minimum atomic E-state index is -1.78. The van der Waals surface area contributed by atoms with Crippen LogP contribution in [0, 0.1) is 22.9 Å². The Hall–Kier alpha value is -1.56. The Balaban J connectivity index is 3.26. The van der Waals surface area contributed by atoms with E-state index < -0.39 is 40.5 Å². The van der Waals surface area contributed by atoms with E-state index in [0.717, 1.165) is 13.8 Å². The Morgan fingerprint density at radius 1 is 1.18 bits per heavy atom. The normalized spacial score (nSPS) is 13.5. The molecule has 1 rings (SSSR count). The van der Waals surface area contributed by atoms with Gasteiger partial charge in [0.05, 0.1) is 11.5 Å². The second-order valence-electron chi connectivity index (χ2n) is 4.22. The number of aliphatic hydroxyl groups is 1. The highest BCUT2D eigenvalue weighted by atomic mass is 19.2. The summed E-state index contributed by atoms with van der Waals surface area (Å²) in [6, 6.07) is 0.728.